The number of nitrogens with zero attached hydrogens (tertiary/aromatic N) is 1. The van der Waals surface area contributed by atoms with Crippen LogP contribution < -0.4 is 0 Å². The number of hydrogen-bond donors (Lipinski definition) is 0. The molecule has 3 heteroatoms. The lowest BCUT2D eigenvalue weighted by Crippen LogP contribution is -1.89. The van der Waals surface area contributed by atoms with E-state index in [-0.39, 0.29) is 0 Å². The van der Waals surface area contributed by atoms with Gasteiger partial charge < -0.3 is 0 Å². The first kappa shape index (κ1) is 12.4. The Bertz CT molecular complexity index is 600. The molecular formula is C15H16BrNS. The summed E-state index contributed by atoms with van der Waals surface area (Å²) >= 11 is 5.47. The molecule has 18 heavy (non-hydrogen) atoms. The SMILES string of the molecule is Cc1sc(C2CC2(C)C)nc1-c1ccccc1Br. The number of benzene rings is 1. The van der Waals surface area contributed by atoms with Crippen molar-refractivity contribution in [2.75, 3.05) is 0 Å². The number of rotatable bonds is 2. The summed E-state index contributed by atoms with van der Waals surface area (Å²) in [5.41, 5.74) is 2.80. The Morgan fingerprint density at radius 1 is 1.33 bits per heavy atom. The molecule has 0 aliphatic heterocycles. The molecule has 1 aliphatic rings. The zero-order valence-corrected chi connectivity index (χ0v) is 13.2. The van der Waals surface area contributed by atoms with E-state index in [1.54, 1.807) is 0 Å². The lowest BCUT2D eigenvalue weighted by molar-refractivity contribution is 0.620. The van der Waals surface area contributed by atoms with Gasteiger partial charge in [0.15, 0.2) is 0 Å². The smallest absolute Gasteiger partial charge is 0.0971 e. The Kier molecular flexibility index (Phi) is 2.87. The minimum absolute atomic E-state index is 0.454. The lowest BCUT2D eigenvalue weighted by atomic mass is 10.1. The molecule has 0 spiro atoms. The van der Waals surface area contributed by atoms with Gasteiger partial charge in [-0.25, -0.2) is 4.98 Å². The molecule has 1 saturated carbocycles. The first-order chi connectivity index (χ1) is 8.49. The summed E-state index contributed by atoms with van der Waals surface area (Å²) in [6.45, 7) is 6.82. The summed E-state index contributed by atoms with van der Waals surface area (Å²) in [7, 11) is 0. The van der Waals surface area contributed by atoms with Crippen LogP contribution in [0.3, 0.4) is 0 Å². The van der Waals surface area contributed by atoms with Gasteiger partial charge in [0, 0.05) is 20.8 Å². The number of thiazole rings is 1. The molecule has 0 radical (unpaired) electrons. The second-order valence-corrected chi connectivity index (χ2v) is 7.77. The second-order valence-electron chi connectivity index (χ2n) is 5.68. The number of halogens is 1. The molecule has 0 amide bonds. The molecule has 1 unspecified atom stereocenters. The van der Waals surface area contributed by atoms with E-state index >= 15 is 0 Å². The topological polar surface area (TPSA) is 12.9 Å². The average Bonchev–Trinajstić information content (AvgIpc) is 2.78. The van der Waals surface area contributed by atoms with Gasteiger partial charge in [-0.05, 0) is 24.8 Å². The summed E-state index contributed by atoms with van der Waals surface area (Å²) < 4.78 is 1.13. The molecule has 1 heterocycles. The lowest BCUT2D eigenvalue weighted by Gasteiger charge is -2.01. The third-order valence-corrected chi connectivity index (χ3v) is 5.53. The van der Waals surface area contributed by atoms with E-state index in [4.69, 9.17) is 4.98 Å². The van der Waals surface area contributed by atoms with Gasteiger partial charge in [-0.15, -0.1) is 11.3 Å². The van der Waals surface area contributed by atoms with Crippen LogP contribution in [-0.2, 0) is 0 Å². The van der Waals surface area contributed by atoms with E-state index in [2.05, 4.69) is 54.9 Å². The molecule has 1 fully saturated rings. The van der Waals surface area contributed by atoms with Crippen LogP contribution >= 0.6 is 27.3 Å². The van der Waals surface area contributed by atoms with Gasteiger partial charge in [0.25, 0.3) is 0 Å². The van der Waals surface area contributed by atoms with Gasteiger partial charge in [-0.1, -0.05) is 48.0 Å². The predicted molar refractivity (Wildman–Crippen MR) is 81.1 cm³/mol. The maximum absolute atomic E-state index is 4.89. The minimum Gasteiger partial charge on any atom is -0.241 e. The molecule has 1 aromatic heterocycles. The number of hydrogen-bond acceptors (Lipinski definition) is 2. The third-order valence-electron chi connectivity index (χ3n) is 3.75. The molecule has 1 aliphatic carbocycles. The van der Waals surface area contributed by atoms with Crippen LogP contribution in [0, 0.1) is 12.3 Å². The summed E-state index contributed by atoms with van der Waals surface area (Å²) in [6.07, 6.45) is 1.27. The van der Waals surface area contributed by atoms with Gasteiger partial charge in [0.2, 0.25) is 0 Å². The van der Waals surface area contributed by atoms with Gasteiger partial charge in [-0.3, -0.25) is 0 Å². The standard InChI is InChI=1S/C15H16BrNS/c1-9-13(10-6-4-5-7-12(10)16)17-14(18-9)11-8-15(11,2)3/h4-7,11H,8H2,1-3H3. The van der Waals surface area contributed by atoms with Crippen molar-refractivity contribution in [2.24, 2.45) is 5.41 Å². The van der Waals surface area contributed by atoms with E-state index in [1.165, 1.54) is 21.9 Å². The van der Waals surface area contributed by atoms with E-state index < -0.39 is 0 Å². The fourth-order valence-electron chi connectivity index (χ4n) is 2.36. The molecule has 0 bridgehead atoms. The van der Waals surface area contributed by atoms with Crippen molar-refractivity contribution >= 4 is 27.3 Å². The number of aromatic nitrogens is 1. The highest BCUT2D eigenvalue weighted by molar-refractivity contribution is 9.10. The molecular weight excluding hydrogens is 306 g/mol. The van der Waals surface area contributed by atoms with Crippen LogP contribution in [-0.4, -0.2) is 4.98 Å². The molecule has 1 aromatic carbocycles. The Hall–Kier alpha value is -0.670. The monoisotopic (exact) mass is 321 g/mol. The molecule has 0 saturated heterocycles. The second kappa shape index (κ2) is 4.17. The van der Waals surface area contributed by atoms with Crippen molar-refractivity contribution in [2.45, 2.75) is 33.1 Å². The maximum atomic E-state index is 4.89. The van der Waals surface area contributed by atoms with Gasteiger partial charge in [-0.2, -0.15) is 0 Å². The molecule has 1 atom stereocenters. The largest absolute Gasteiger partial charge is 0.241 e. The summed E-state index contributed by atoms with van der Waals surface area (Å²) in [4.78, 5) is 6.21. The highest BCUT2D eigenvalue weighted by atomic mass is 79.9. The Morgan fingerprint density at radius 3 is 2.61 bits per heavy atom. The molecule has 0 N–H and O–H groups in total. The highest BCUT2D eigenvalue weighted by Crippen LogP contribution is 2.59. The van der Waals surface area contributed by atoms with Gasteiger partial charge in [0.05, 0.1) is 10.7 Å². The van der Waals surface area contributed by atoms with Crippen LogP contribution in [0.4, 0.5) is 0 Å². The first-order valence-corrected chi connectivity index (χ1v) is 7.82. The Labute approximate surface area is 120 Å². The van der Waals surface area contributed by atoms with Gasteiger partial charge in [0.1, 0.15) is 0 Å². The van der Waals surface area contributed by atoms with Crippen molar-refractivity contribution < 1.29 is 0 Å². The van der Waals surface area contributed by atoms with Crippen LogP contribution in [0.15, 0.2) is 28.7 Å². The Morgan fingerprint density at radius 2 is 2.00 bits per heavy atom. The van der Waals surface area contributed by atoms with Crippen molar-refractivity contribution in [3.8, 4) is 11.3 Å². The summed E-state index contributed by atoms with van der Waals surface area (Å²) in [5.74, 6) is 0.664. The predicted octanol–water partition coefficient (Wildman–Crippen LogP) is 5.39. The fraction of sp³-hybridized carbons (Fsp3) is 0.400. The highest BCUT2D eigenvalue weighted by Gasteiger charge is 2.48. The van der Waals surface area contributed by atoms with Crippen LogP contribution in [0.25, 0.3) is 11.3 Å². The fourth-order valence-corrected chi connectivity index (χ4v) is 4.08. The Balaban J connectivity index is 2.02. The first-order valence-electron chi connectivity index (χ1n) is 6.21. The van der Waals surface area contributed by atoms with Crippen molar-refractivity contribution in [3.63, 3.8) is 0 Å². The summed E-state index contributed by atoms with van der Waals surface area (Å²) in [6, 6.07) is 8.32. The summed E-state index contributed by atoms with van der Waals surface area (Å²) in [5, 5.41) is 1.31. The van der Waals surface area contributed by atoms with Crippen LogP contribution in [0.1, 0.15) is 36.1 Å². The van der Waals surface area contributed by atoms with E-state index in [9.17, 15) is 0 Å². The molecule has 3 rings (SSSR count). The molecule has 2 aromatic rings. The van der Waals surface area contributed by atoms with Gasteiger partial charge >= 0.3 is 0 Å². The average molecular weight is 322 g/mol. The maximum Gasteiger partial charge on any atom is 0.0971 e. The zero-order valence-electron chi connectivity index (χ0n) is 10.8. The third kappa shape index (κ3) is 2.04. The molecule has 1 nitrogen and oxygen atoms in total. The van der Waals surface area contributed by atoms with E-state index in [1.807, 2.05) is 17.4 Å². The quantitative estimate of drug-likeness (QED) is 0.722. The van der Waals surface area contributed by atoms with Crippen molar-refractivity contribution in [1.29, 1.82) is 0 Å². The van der Waals surface area contributed by atoms with Crippen molar-refractivity contribution in [3.05, 3.63) is 38.6 Å². The number of aryl methyl sites for hydroxylation is 1. The molecule has 94 valence electrons. The van der Waals surface area contributed by atoms with Crippen molar-refractivity contribution in [1.82, 2.24) is 4.98 Å². The zero-order chi connectivity index (χ0) is 12.9. The van der Waals surface area contributed by atoms with E-state index in [0.717, 1.165) is 10.2 Å². The normalized spacial score (nSPS) is 21.0. The van der Waals surface area contributed by atoms with Crippen LogP contribution in [0.5, 0.6) is 0 Å². The van der Waals surface area contributed by atoms with Crippen LogP contribution in [0.2, 0.25) is 0 Å². The van der Waals surface area contributed by atoms with E-state index in [0.29, 0.717) is 11.3 Å². The minimum atomic E-state index is 0.454.